The first-order chi connectivity index (χ1) is 3.81. The van der Waals surface area contributed by atoms with Crippen LogP contribution in [0, 0.1) is 0 Å². The summed E-state index contributed by atoms with van der Waals surface area (Å²) >= 11 is 0. The zero-order valence-electron chi connectivity index (χ0n) is 7.13. The van der Waals surface area contributed by atoms with Crippen molar-refractivity contribution in [3.63, 3.8) is 0 Å². The zero-order valence-corrected chi connectivity index (χ0v) is 9.02. The summed E-state index contributed by atoms with van der Waals surface area (Å²) in [4.78, 5) is 8.67. The normalized spacial score (nSPS) is 9.33. The van der Waals surface area contributed by atoms with Crippen LogP contribution in [0.5, 0.6) is 0 Å². The Balaban J connectivity index is -0.000000245. The summed E-state index contributed by atoms with van der Waals surface area (Å²) in [6.07, 6.45) is 0. The quantitative estimate of drug-likeness (QED) is 0.399. The van der Waals surface area contributed by atoms with E-state index in [9.17, 15) is 0 Å². The molecular formula is C4H12NaO3P. The van der Waals surface area contributed by atoms with Crippen molar-refractivity contribution in [1.82, 2.24) is 0 Å². The van der Waals surface area contributed by atoms with E-state index in [1.165, 1.54) is 0 Å². The molecule has 0 saturated carbocycles. The van der Waals surface area contributed by atoms with E-state index < -0.39 is 8.60 Å². The molecule has 0 aromatic rings. The first-order valence-corrected chi connectivity index (χ1v) is 3.69. The molecule has 3 nitrogen and oxygen atoms in total. The van der Waals surface area contributed by atoms with Crippen LogP contribution >= 0.6 is 8.60 Å². The third-order valence-electron chi connectivity index (χ3n) is 0.479. The molecular weight excluding hydrogens is 150 g/mol. The number of hydrogen-bond donors (Lipinski definition) is 1. The first kappa shape index (κ1) is 12.9. The van der Waals surface area contributed by atoms with Crippen molar-refractivity contribution < 1.29 is 44.9 Å². The molecule has 0 aliphatic carbocycles. The Bertz CT molecular complexity index is 53.8. The van der Waals surface area contributed by atoms with Crippen molar-refractivity contribution in [2.24, 2.45) is 0 Å². The summed E-state index contributed by atoms with van der Waals surface area (Å²) in [5.74, 6) is 0. The van der Waals surface area contributed by atoms with E-state index in [2.05, 4.69) is 9.05 Å². The second kappa shape index (κ2) is 9.31. The van der Waals surface area contributed by atoms with Gasteiger partial charge in [0.25, 0.3) is 0 Å². The molecule has 0 atom stereocenters. The predicted molar refractivity (Wildman–Crippen MR) is 33.5 cm³/mol. The maximum Gasteiger partial charge on any atom is 1.00 e. The van der Waals surface area contributed by atoms with Gasteiger partial charge in [-0.05, 0) is 13.8 Å². The average molecular weight is 162 g/mol. The van der Waals surface area contributed by atoms with Crippen LogP contribution in [0.2, 0.25) is 0 Å². The van der Waals surface area contributed by atoms with Crippen LogP contribution in [0.3, 0.4) is 0 Å². The molecule has 0 aromatic heterocycles. The van der Waals surface area contributed by atoms with Crippen LogP contribution in [0.25, 0.3) is 0 Å². The summed E-state index contributed by atoms with van der Waals surface area (Å²) < 4.78 is 9.36. The van der Waals surface area contributed by atoms with Crippen LogP contribution in [-0.2, 0) is 9.05 Å². The third kappa shape index (κ3) is 9.31. The summed E-state index contributed by atoms with van der Waals surface area (Å²) in [5.41, 5.74) is 0. The van der Waals surface area contributed by atoms with Gasteiger partial charge in [-0.15, -0.1) is 0 Å². The fourth-order valence-electron chi connectivity index (χ4n) is 0.258. The fourth-order valence-corrected chi connectivity index (χ4v) is 0.774. The Morgan fingerprint density at radius 2 is 1.67 bits per heavy atom. The molecule has 0 aliphatic rings. The minimum absolute atomic E-state index is 0. The maximum absolute atomic E-state index is 8.67. The Morgan fingerprint density at radius 1 is 1.33 bits per heavy atom. The second-order valence-corrected chi connectivity index (χ2v) is 2.07. The molecule has 0 rings (SSSR count). The smallest absolute Gasteiger partial charge is 1.00 e. The van der Waals surface area contributed by atoms with E-state index in [1.807, 2.05) is 13.8 Å². The molecule has 0 spiro atoms. The molecule has 0 aliphatic heterocycles. The standard InChI is InChI=1S/C4H11O3P.Na.H/c1-3-6-8(5)7-4-2;;/h5H,3-4H2,1-2H3;;/q;+1;-1. The van der Waals surface area contributed by atoms with Crippen molar-refractivity contribution in [3.8, 4) is 0 Å². The number of rotatable bonds is 4. The van der Waals surface area contributed by atoms with Crippen LogP contribution in [0.15, 0.2) is 0 Å². The van der Waals surface area contributed by atoms with Gasteiger partial charge in [0.15, 0.2) is 0 Å². The topological polar surface area (TPSA) is 38.7 Å². The van der Waals surface area contributed by atoms with Crippen LogP contribution in [-0.4, -0.2) is 18.1 Å². The van der Waals surface area contributed by atoms with Crippen LogP contribution in [0.4, 0.5) is 0 Å². The minimum Gasteiger partial charge on any atom is -1.00 e. The molecule has 0 aromatic carbocycles. The Labute approximate surface area is 80.5 Å². The molecule has 0 bridgehead atoms. The van der Waals surface area contributed by atoms with Crippen LogP contribution in [0.1, 0.15) is 15.3 Å². The summed E-state index contributed by atoms with van der Waals surface area (Å²) in [6, 6.07) is 0. The predicted octanol–water partition coefficient (Wildman–Crippen LogP) is -1.60. The van der Waals surface area contributed by atoms with Gasteiger partial charge >= 0.3 is 38.2 Å². The van der Waals surface area contributed by atoms with E-state index in [-0.39, 0.29) is 31.0 Å². The monoisotopic (exact) mass is 162 g/mol. The molecule has 0 saturated heterocycles. The molecule has 0 unspecified atom stereocenters. The minimum atomic E-state index is -1.58. The van der Waals surface area contributed by atoms with Gasteiger partial charge < -0.3 is 15.4 Å². The SMILES string of the molecule is CCOP(O)OCC.[H-].[Na+]. The third-order valence-corrected chi connectivity index (χ3v) is 1.44. The Morgan fingerprint density at radius 3 is 1.89 bits per heavy atom. The van der Waals surface area contributed by atoms with E-state index in [0.29, 0.717) is 13.2 Å². The molecule has 1 N–H and O–H groups in total. The molecule has 5 heteroatoms. The molecule has 0 amide bonds. The van der Waals surface area contributed by atoms with Gasteiger partial charge in [-0.25, -0.2) is 0 Å². The van der Waals surface area contributed by atoms with Crippen LogP contribution < -0.4 is 29.6 Å². The van der Waals surface area contributed by atoms with Crippen molar-refractivity contribution in [1.29, 1.82) is 0 Å². The van der Waals surface area contributed by atoms with Gasteiger partial charge in [0.2, 0.25) is 0 Å². The van der Waals surface area contributed by atoms with Crippen molar-refractivity contribution in [3.05, 3.63) is 0 Å². The summed E-state index contributed by atoms with van der Waals surface area (Å²) in [5, 5.41) is 0. The van der Waals surface area contributed by atoms with E-state index in [4.69, 9.17) is 4.89 Å². The summed E-state index contributed by atoms with van der Waals surface area (Å²) in [7, 11) is -1.58. The largest absolute Gasteiger partial charge is 1.00 e. The van der Waals surface area contributed by atoms with Gasteiger partial charge in [0.05, 0.1) is 13.2 Å². The van der Waals surface area contributed by atoms with Gasteiger partial charge in [-0.3, -0.25) is 0 Å². The van der Waals surface area contributed by atoms with Crippen molar-refractivity contribution in [2.45, 2.75) is 13.8 Å². The molecule has 0 radical (unpaired) electrons. The zero-order chi connectivity index (χ0) is 6.41. The first-order valence-electron chi connectivity index (χ1n) is 2.56. The molecule has 0 fully saturated rings. The average Bonchev–Trinajstić information content (AvgIpc) is 1.68. The van der Waals surface area contributed by atoms with Crippen molar-refractivity contribution >= 4 is 8.60 Å². The van der Waals surface area contributed by atoms with Gasteiger partial charge in [0, 0.05) is 0 Å². The molecule has 0 heterocycles. The van der Waals surface area contributed by atoms with Gasteiger partial charge in [-0.1, -0.05) is 0 Å². The fraction of sp³-hybridized carbons (Fsp3) is 1.00. The number of hydrogen-bond acceptors (Lipinski definition) is 3. The van der Waals surface area contributed by atoms with Crippen molar-refractivity contribution in [2.75, 3.05) is 13.2 Å². The van der Waals surface area contributed by atoms with E-state index in [0.717, 1.165) is 0 Å². The molecule has 52 valence electrons. The maximum atomic E-state index is 8.67. The van der Waals surface area contributed by atoms with Gasteiger partial charge in [0.1, 0.15) is 0 Å². The Hall–Kier alpha value is 1.31. The van der Waals surface area contributed by atoms with Gasteiger partial charge in [-0.2, -0.15) is 0 Å². The second-order valence-electron chi connectivity index (χ2n) is 1.07. The Kier molecular flexibility index (Phi) is 13.4. The molecule has 9 heavy (non-hydrogen) atoms. The summed E-state index contributed by atoms with van der Waals surface area (Å²) in [6.45, 7) is 4.62. The van der Waals surface area contributed by atoms with E-state index in [1.54, 1.807) is 0 Å². The van der Waals surface area contributed by atoms with E-state index >= 15 is 0 Å².